The first kappa shape index (κ1) is 16.5. The molecule has 0 bridgehead atoms. The Kier molecular flexibility index (Phi) is 5.49. The fraction of sp³-hybridized carbons (Fsp3) is 0.350. The first-order valence-electron chi connectivity index (χ1n) is 8.44. The monoisotopic (exact) mass is 325 g/mol. The highest BCUT2D eigenvalue weighted by Gasteiger charge is 2.17. The Morgan fingerprint density at radius 3 is 2.79 bits per heavy atom. The molecule has 1 atom stereocenters. The van der Waals surface area contributed by atoms with E-state index in [0.717, 1.165) is 32.2 Å². The predicted molar refractivity (Wildman–Crippen MR) is 93.3 cm³/mol. The number of carbonyl (C=O) groups is 1. The van der Waals surface area contributed by atoms with Crippen LogP contribution in [0.4, 0.5) is 0 Å². The molecule has 2 N–H and O–H groups in total. The Labute approximate surface area is 142 Å². The normalized spacial score (nSPS) is 16.9. The Morgan fingerprint density at radius 2 is 2.00 bits per heavy atom. The zero-order valence-electron chi connectivity index (χ0n) is 13.7. The zero-order valence-corrected chi connectivity index (χ0v) is 13.7. The number of nitrogens with one attached hydrogen (secondary N) is 1. The second-order valence-electron chi connectivity index (χ2n) is 6.27. The van der Waals surface area contributed by atoms with Crippen LogP contribution < -0.4 is 10.1 Å². The number of rotatable bonds is 6. The maximum absolute atomic E-state index is 10.7. The van der Waals surface area contributed by atoms with E-state index in [1.165, 1.54) is 16.7 Å². The van der Waals surface area contributed by atoms with E-state index >= 15 is 0 Å². The van der Waals surface area contributed by atoms with Gasteiger partial charge in [-0.1, -0.05) is 36.4 Å². The molecule has 126 valence electrons. The van der Waals surface area contributed by atoms with Gasteiger partial charge in [0.25, 0.3) is 0 Å². The second-order valence-corrected chi connectivity index (χ2v) is 6.27. The van der Waals surface area contributed by atoms with Gasteiger partial charge in [-0.15, -0.1) is 0 Å². The first-order chi connectivity index (χ1) is 11.7. The van der Waals surface area contributed by atoms with Crippen molar-refractivity contribution >= 4 is 5.97 Å². The van der Waals surface area contributed by atoms with Gasteiger partial charge in [0.15, 0.2) is 6.61 Å². The van der Waals surface area contributed by atoms with E-state index in [1.54, 1.807) is 0 Å². The van der Waals surface area contributed by atoms with Crippen molar-refractivity contribution in [3.8, 4) is 5.75 Å². The van der Waals surface area contributed by atoms with E-state index in [-0.39, 0.29) is 6.61 Å². The lowest BCUT2D eigenvalue weighted by Crippen LogP contribution is -2.30. The molecular weight excluding hydrogens is 302 g/mol. The van der Waals surface area contributed by atoms with Gasteiger partial charge in [0.1, 0.15) is 5.75 Å². The maximum atomic E-state index is 10.7. The van der Waals surface area contributed by atoms with Gasteiger partial charge in [0.2, 0.25) is 0 Å². The van der Waals surface area contributed by atoms with Gasteiger partial charge >= 0.3 is 5.97 Å². The number of aryl methyl sites for hydroxylation is 1. The lowest BCUT2D eigenvalue weighted by molar-refractivity contribution is -0.139. The fourth-order valence-electron chi connectivity index (χ4n) is 3.21. The molecule has 0 amide bonds. The summed E-state index contributed by atoms with van der Waals surface area (Å²) in [4.78, 5) is 10.7. The molecule has 1 aliphatic rings. The highest BCUT2D eigenvalue weighted by Crippen LogP contribution is 2.25. The van der Waals surface area contributed by atoms with Crippen molar-refractivity contribution in [1.29, 1.82) is 0 Å². The highest BCUT2D eigenvalue weighted by atomic mass is 16.5. The average Bonchev–Trinajstić information content (AvgIpc) is 2.80. The average molecular weight is 325 g/mol. The third-order valence-electron chi connectivity index (χ3n) is 4.44. The van der Waals surface area contributed by atoms with Crippen LogP contribution in [0, 0.1) is 0 Å². The minimum Gasteiger partial charge on any atom is -0.482 e. The Hall–Kier alpha value is -2.33. The zero-order chi connectivity index (χ0) is 16.8. The Bertz CT molecular complexity index is 685. The van der Waals surface area contributed by atoms with E-state index in [0.29, 0.717) is 11.8 Å². The molecule has 24 heavy (non-hydrogen) atoms. The van der Waals surface area contributed by atoms with E-state index in [1.807, 2.05) is 18.2 Å². The van der Waals surface area contributed by atoms with Crippen LogP contribution in [-0.4, -0.2) is 23.7 Å². The Balaban J connectivity index is 1.64. The summed E-state index contributed by atoms with van der Waals surface area (Å²) >= 11 is 0. The minimum atomic E-state index is -0.952. The van der Waals surface area contributed by atoms with Crippen LogP contribution in [0.15, 0.2) is 48.5 Å². The number of fused-ring (bicyclic) bond motifs is 1. The number of carboxylic acids is 1. The number of hydrogen-bond acceptors (Lipinski definition) is 3. The molecule has 2 aromatic carbocycles. The molecule has 1 unspecified atom stereocenters. The molecule has 0 heterocycles. The van der Waals surface area contributed by atoms with Crippen molar-refractivity contribution in [3.05, 3.63) is 65.2 Å². The summed E-state index contributed by atoms with van der Waals surface area (Å²) in [5, 5.41) is 12.4. The summed E-state index contributed by atoms with van der Waals surface area (Å²) in [6.07, 6.45) is 4.33. The Morgan fingerprint density at radius 1 is 1.17 bits per heavy atom. The smallest absolute Gasteiger partial charge is 0.341 e. The molecule has 1 aliphatic carbocycles. The second kappa shape index (κ2) is 7.97. The molecule has 2 aromatic rings. The van der Waals surface area contributed by atoms with Gasteiger partial charge in [-0.05, 0) is 54.5 Å². The quantitative estimate of drug-likeness (QED) is 0.801. The van der Waals surface area contributed by atoms with E-state index < -0.39 is 5.97 Å². The van der Waals surface area contributed by atoms with Gasteiger partial charge in [0.05, 0.1) is 0 Å². The van der Waals surface area contributed by atoms with Crippen LogP contribution in [0.2, 0.25) is 0 Å². The predicted octanol–water partition coefficient (Wildman–Crippen LogP) is 3.19. The SMILES string of the molecule is O=C(O)COc1ccc2c(c1)CC(NCc1ccccc1)CCC2. The highest BCUT2D eigenvalue weighted by molar-refractivity contribution is 5.68. The van der Waals surface area contributed by atoms with Crippen LogP contribution in [0.1, 0.15) is 29.5 Å². The van der Waals surface area contributed by atoms with Crippen LogP contribution in [0.3, 0.4) is 0 Å². The van der Waals surface area contributed by atoms with Gasteiger partial charge in [-0.25, -0.2) is 4.79 Å². The van der Waals surface area contributed by atoms with Crippen molar-refractivity contribution in [3.63, 3.8) is 0 Å². The van der Waals surface area contributed by atoms with Gasteiger partial charge in [-0.3, -0.25) is 0 Å². The molecule has 0 radical (unpaired) electrons. The standard InChI is InChI=1S/C20H23NO3/c22-20(23)14-24-19-10-9-16-7-4-8-18(11-17(16)12-19)21-13-15-5-2-1-3-6-15/h1-3,5-6,9-10,12,18,21H,4,7-8,11,13-14H2,(H,22,23). The molecule has 0 saturated carbocycles. The van der Waals surface area contributed by atoms with Crippen molar-refractivity contribution in [1.82, 2.24) is 5.32 Å². The van der Waals surface area contributed by atoms with E-state index in [4.69, 9.17) is 9.84 Å². The molecule has 0 fully saturated rings. The molecule has 4 nitrogen and oxygen atoms in total. The first-order valence-corrected chi connectivity index (χ1v) is 8.44. The number of hydrogen-bond donors (Lipinski definition) is 2. The topological polar surface area (TPSA) is 58.6 Å². The van der Waals surface area contributed by atoms with Crippen molar-refractivity contribution in [2.45, 2.75) is 38.3 Å². The van der Waals surface area contributed by atoms with Crippen LogP contribution >= 0.6 is 0 Å². The number of carboxylic acid groups (broad SMARTS) is 1. The molecule has 0 spiro atoms. The third-order valence-corrected chi connectivity index (χ3v) is 4.44. The lowest BCUT2D eigenvalue weighted by Gasteiger charge is -2.17. The summed E-state index contributed by atoms with van der Waals surface area (Å²) in [6, 6.07) is 16.8. The largest absolute Gasteiger partial charge is 0.482 e. The summed E-state index contributed by atoms with van der Waals surface area (Å²) in [6.45, 7) is 0.574. The molecule has 0 aliphatic heterocycles. The molecule has 0 saturated heterocycles. The van der Waals surface area contributed by atoms with Crippen LogP contribution in [0.25, 0.3) is 0 Å². The summed E-state index contributed by atoms with van der Waals surface area (Å²) < 4.78 is 5.32. The van der Waals surface area contributed by atoms with Gasteiger partial charge < -0.3 is 15.2 Å². The van der Waals surface area contributed by atoms with E-state index in [2.05, 4.69) is 35.6 Å². The van der Waals surface area contributed by atoms with Crippen molar-refractivity contribution in [2.24, 2.45) is 0 Å². The van der Waals surface area contributed by atoms with E-state index in [9.17, 15) is 4.79 Å². The lowest BCUT2D eigenvalue weighted by atomic mass is 10.0. The third kappa shape index (κ3) is 4.59. The fourth-order valence-corrected chi connectivity index (χ4v) is 3.21. The molecule has 3 rings (SSSR count). The molecule has 4 heteroatoms. The summed E-state index contributed by atoms with van der Waals surface area (Å²) in [5.74, 6) is -0.313. The van der Waals surface area contributed by atoms with Crippen LogP contribution in [0.5, 0.6) is 5.75 Å². The number of ether oxygens (including phenoxy) is 1. The van der Waals surface area contributed by atoms with Crippen molar-refractivity contribution < 1.29 is 14.6 Å². The summed E-state index contributed by atoms with van der Waals surface area (Å²) in [7, 11) is 0. The number of benzene rings is 2. The van der Waals surface area contributed by atoms with Crippen LogP contribution in [-0.2, 0) is 24.2 Å². The maximum Gasteiger partial charge on any atom is 0.341 e. The van der Waals surface area contributed by atoms with Gasteiger partial charge in [-0.2, -0.15) is 0 Å². The summed E-state index contributed by atoms with van der Waals surface area (Å²) in [5.41, 5.74) is 3.91. The number of aliphatic carboxylic acids is 1. The molecular formula is C20H23NO3. The van der Waals surface area contributed by atoms with Gasteiger partial charge in [0, 0.05) is 12.6 Å². The minimum absolute atomic E-state index is 0.297. The van der Waals surface area contributed by atoms with Crippen molar-refractivity contribution in [2.75, 3.05) is 6.61 Å². The molecule has 0 aromatic heterocycles.